The fraction of sp³-hybridized carbons (Fsp3) is 0.0833. The van der Waals surface area contributed by atoms with Gasteiger partial charge in [-0.05, 0) is 73.3 Å². The first-order valence-corrected chi connectivity index (χ1v) is 12.8. The number of anilines is 1. The number of aromatic nitrogens is 2. The monoisotopic (exact) mass is 690 g/mol. The first kappa shape index (κ1) is 28.1. The van der Waals surface area contributed by atoms with E-state index in [1.807, 2.05) is 0 Å². The summed E-state index contributed by atoms with van der Waals surface area (Å²) in [6.45, 7) is 0. The summed E-state index contributed by atoms with van der Waals surface area (Å²) in [6.07, 6.45) is -2.78. The highest BCUT2D eigenvalue weighted by molar-refractivity contribution is 9.11. The second-order valence-corrected chi connectivity index (χ2v) is 10.5. The van der Waals surface area contributed by atoms with Crippen LogP contribution >= 0.6 is 55.1 Å². The maximum atomic E-state index is 15.1. The van der Waals surface area contributed by atoms with Gasteiger partial charge in [-0.1, -0.05) is 41.4 Å². The fourth-order valence-electron chi connectivity index (χ4n) is 3.91. The zero-order valence-corrected chi connectivity index (χ0v) is 23.3. The molecule has 4 rings (SSSR count). The number of nitrogens with one attached hydrogen (secondary N) is 1. The van der Waals surface area contributed by atoms with Gasteiger partial charge in [0.05, 0.1) is 21.8 Å². The molecule has 0 spiro atoms. The van der Waals surface area contributed by atoms with Gasteiger partial charge >= 0.3 is 6.18 Å². The predicted octanol–water partition coefficient (Wildman–Crippen LogP) is 8.23. The van der Waals surface area contributed by atoms with Crippen LogP contribution < -0.4 is 5.32 Å². The van der Waals surface area contributed by atoms with Crippen molar-refractivity contribution in [1.82, 2.24) is 9.78 Å². The van der Waals surface area contributed by atoms with Gasteiger partial charge in [0.1, 0.15) is 0 Å². The highest BCUT2D eigenvalue weighted by Crippen LogP contribution is 2.50. The van der Waals surface area contributed by atoms with Crippen LogP contribution in [0.4, 0.5) is 24.5 Å². The third-order valence-corrected chi connectivity index (χ3v) is 7.28. The summed E-state index contributed by atoms with van der Waals surface area (Å²) in [5.41, 5.74) is -3.49. The molecule has 1 heterocycles. The van der Waals surface area contributed by atoms with Crippen molar-refractivity contribution >= 4 is 72.3 Å². The number of nitrogens with zero attached hydrogens (tertiary/aromatic N) is 3. The first-order chi connectivity index (χ1) is 17.8. The number of halogens is 7. The predicted molar refractivity (Wildman–Crippen MR) is 144 cm³/mol. The largest absolute Gasteiger partial charge is 0.422 e. The lowest BCUT2D eigenvalue weighted by atomic mass is 9.82. The van der Waals surface area contributed by atoms with E-state index in [1.165, 1.54) is 54.6 Å². The molecule has 0 saturated heterocycles. The molecule has 1 aromatic heterocycles. The maximum absolute atomic E-state index is 15.1. The average Bonchev–Trinajstić information content (AvgIpc) is 3.28. The molecule has 0 aliphatic heterocycles. The minimum Gasteiger partial charge on any atom is -0.320 e. The van der Waals surface area contributed by atoms with Gasteiger partial charge in [-0.2, -0.15) is 18.3 Å². The molecule has 0 aliphatic carbocycles. The Bertz CT molecular complexity index is 1520. The number of hydrogen-bond donors (Lipinski definition) is 1. The van der Waals surface area contributed by atoms with Crippen LogP contribution in [0.5, 0.6) is 0 Å². The molecule has 0 bridgehead atoms. The van der Waals surface area contributed by atoms with E-state index in [9.17, 15) is 14.9 Å². The molecule has 38 heavy (non-hydrogen) atoms. The number of rotatable bonds is 6. The second kappa shape index (κ2) is 10.7. The van der Waals surface area contributed by atoms with Gasteiger partial charge in [0.25, 0.3) is 11.6 Å². The van der Waals surface area contributed by atoms with Gasteiger partial charge < -0.3 is 5.32 Å². The fourth-order valence-corrected chi connectivity index (χ4v) is 5.56. The molecule has 1 atom stereocenters. The quantitative estimate of drug-likeness (QED) is 0.163. The lowest BCUT2D eigenvalue weighted by molar-refractivity contribution is -0.384. The lowest BCUT2D eigenvalue weighted by Crippen LogP contribution is -2.50. The number of alkyl halides is 3. The zero-order chi connectivity index (χ0) is 27.8. The standard InChI is InChI=1S/C24H13Br2Cl2F3N4O3/c25-19-9-15(10-20(26)21(19)33-22(36)13-2-1-3-18(8-13)35(37)38)23(24(29,30)31,34-12-17(28)11-32-34)14-4-6-16(27)7-5-14/h1-12H,(H,33,36). The van der Waals surface area contributed by atoms with Crippen LogP contribution in [0.3, 0.4) is 0 Å². The molecule has 0 radical (unpaired) electrons. The number of amides is 1. The van der Waals surface area contributed by atoms with Crippen LogP contribution in [0.15, 0.2) is 82.0 Å². The van der Waals surface area contributed by atoms with E-state index < -0.39 is 22.5 Å². The van der Waals surface area contributed by atoms with Gasteiger partial charge in [-0.25, -0.2) is 4.68 Å². The number of carbonyl (C=O) groups excluding carboxylic acids is 1. The van der Waals surface area contributed by atoms with Crippen LogP contribution in [0, 0.1) is 10.1 Å². The Balaban J connectivity index is 1.87. The second-order valence-electron chi connectivity index (χ2n) is 7.89. The van der Waals surface area contributed by atoms with Crippen LogP contribution in [0.2, 0.25) is 10.0 Å². The van der Waals surface area contributed by atoms with Crippen molar-refractivity contribution in [2.45, 2.75) is 11.7 Å². The van der Waals surface area contributed by atoms with Gasteiger partial charge in [0.2, 0.25) is 5.54 Å². The van der Waals surface area contributed by atoms with E-state index in [2.05, 4.69) is 42.3 Å². The smallest absolute Gasteiger partial charge is 0.320 e. The number of nitro groups is 1. The summed E-state index contributed by atoms with van der Waals surface area (Å²) < 4.78 is 46.4. The third-order valence-electron chi connectivity index (χ3n) is 5.58. The molecular weight excluding hydrogens is 680 g/mol. The summed E-state index contributed by atoms with van der Waals surface area (Å²) in [5.74, 6) is -0.707. The van der Waals surface area contributed by atoms with Crippen molar-refractivity contribution in [3.63, 3.8) is 0 Å². The number of non-ortho nitro benzene ring substituents is 1. The van der Waals surface area contributed by atoms with Crippen molar-refractivity contribution < 1.29 is 22.9 Å². The molecule has 7 nitrogen and oxygen atoms in total. The SMILES string of the molecule is O=C(Nc1c(Br)cc(C(c2ccc(Cl)cc2)(n2cc(Cl)cn2)C(F)(F)F)cc1Br)c1cccc([N+](=O)[O-])c1. The molecule has 0 saturated carbocycles. The Morgan fingerprint density at radius 3 is 2.13 bits per heavy atom. The Labute approximate surface area is 240 Å². The normalized spacial score (nSPS) is 13.1. The van der Waals surface area contributed by atoms with Crippen molar-refractivity contribution in [2.24, 2.45) is 0 Å². The van der Waals surface area contributed by atoms with E-state index in [1.54, 1.807) is 0 Å². The summed E-state index contributed by atoms with van der Waals surface area (Å²) in [5, 5.41) is 17.8. The Hall–Kier alpha value is -2.93. The van der Waals surface area contributed by atoms with Crippen molar-refractivity contribution in [2.75, 3.05) is 5.32 Å². The molecule has 1 N–H and O–H groups in total. The summed E-state index contributed by atoms with van der Waals surface area (Å²) in [4.78, 5) is 23.2. The van der Waals surface area contributed by atoms with Crippen LogP contribution in [0.1, 0.15) is 21.5 Å². The van der Waals surface area contributed by atoms with Crippen LogP contribution in [0.25, 0.3) is 0 Å². The summed E-state index contributed by atoms with van der Waals surface area (Å²) >= 11 is 18.4. The van der Waals surface area contributed by atoms with E-state index in [0.29, 0.717) is 4.68 Å². The van der Waals surface area contributed by atoms with Crippen LogP contribution in [-0.2, 0) is 5.54 Å². The van der Waals surface area contributed by atoms with Gasteiger partial charge in [-0.15, -0.1) is 0 Å². The van der Waals surface area contributed by atoms with Gasteiger partial charge in [0, 0.05) is 37.9 Å². The molecule has 4 aromatic rings. The van der Waals surface area contributed by atoms with Gasteiger partial charge in [-0.3, -0.25) is 14.9 Å². The van der Waals surface area contributed by atoms with Crippen molar-refractivity contribution in [3.05, 3.63) is 119 Å². The van der Waals surface area contributed by atoms with Gasteiger partial charge in [0.15, 0.2) is 0 Å². The number of carbonyl (C=O) groups is 1. The summed E-state index contributed by atoms with van der Waals surface area (Å²) in [7, 11) is 0. The molecule has 1 unspecified atom stereocenters. The topological polar surface area (TPSA) is 90.1 Å². The molecule has 0 fully saturated rings. The summed E-state index contributed by atoms with van der Waals surface area (Å²) in [6, 6.07) is 12.6. The van der Waals surface area contributed by atoms with E-state index in [0.717, 1.165) is 18.5 Å². The first-order valence-electron chi connectivity index (χ1n) is 10.4. The highest BCUT2D eigenvalue weighted by atomic mass is 79.9. The number of nitro benzene ring substituents is 1. The Kier molecular flexibility index (Phi) is 7.89. The highest BCUT2D eigenvalue weighted by Gasteiger charge is 2.60. The average molecular weight is 693 g/mol. The van der Waals surface area contributed by atoms with E-state index in [-0.39, 0.29) is 47.1 Å². The van der Waals surface area contributed by atoms with Crippen molar-refractivity contribution in [3.8, 4) is 0 Å². The molecule has 1 amide bonds. The third kappa shape index (κ3) is 5.18. The number of benzene rings is 3. The molecular formula is C24H13Br2Cl2F3N4O3. The van der Waals surface area contributed by atoms with Crippen LogP contribution in [-0.4, -0.2) is 26.8 Å². The Morgan fingerprint density at radius 2 is 1.61 bits per heavy atom. The van der Waals surface area contributed by atoms with E-state index >= 15 is 13.2 Å². The zero-order valence-electron chi connectivity index (χ0n) is 18.6. The molecule has 14 heteroatoms. The minimum absolute atomic E-state index is 0.00782. The lowest BCUT2D eigenvalue weighted by Gasteiger charge is -2.37. The Morgan fingerprint density at radius 1 is 0.974 bits per heavy atom. The molecule has 196 valence electrons. The molecule has 3 aromatic carbocycles. The molecule has 0 aliphatic rings. The minimum atomic E-state index is -4.93. The van der Waals surface area contributed by atoms with Crippen molar-refractivity contribution in [1.29, 1.82) is 0 Å². The van der Waals surface area contributed by atoms with E-state index in [4.69, 9.17) is 23.2 Å². The maximum Gasteiger partial charge on any atom is 0.422 e. The number of hydrogen-bond acceptors (Lipinski definition) is 4.